The molecule has 7 heteroatoms. The van der Waals surface area contributed by atoms with Crippen LogP contribution in [-0.2, 0) is 9.53 Å². The quantitative estimate of drug-likeness (QED) is 0.827. The summed E-state index contributed by atoms with van der Waals surface area (Å²) in [5.74, 6) is 1.58. The number of nitrogens with one attached hydrogen (secondary N) is 1. The minimum absolute atomic E-state index is 0.0716. The average Bonchev–Trinajstić information content (AvgIpc) is 2.68. The summed E-state index contributed by atoms with van der Waals surface area (Å²) in [6.07, 6.45) is 2.98. The van der Waals surface area contributed by atoms with Crippen LogP contribution in [0.5, 0.6) is 11.5 Å². The van der Waals surface area contributed by atoms with E-state index in [9.17, 15) is 4.79 Å². The first-order valence-corrected chi connectivity index (χ1v) is 9.20. The summed E-state index contributed by atoms with van der Waals surface area (Å²) in [7, 11) is 3.28. The Labute approximate surface area is 154 Å². The van der Waals surface area contributed by atoms with E-state index in [2.05, 4.69) is 5.32 Å². The zero-order valence-electron chi connectivity index (χ0n) is 15.6. The fourth-order valence-corrected chi connectivity index (χ4v) is 3.62. The fourth-order valence-electron chi connectivity index (χ4n) is 3.62. The summed E-state index contributed by atoms with van der Waals surface area (Å²) >= 11 is 0. The van der Waals surface area contributed by atoms with Crippen molar-refractivity contribution in [1.82, 2.24) is 4.90 Å². The largest absolute Gasteiger partial charge is 0.497 e. The number of likely N-dealkylation sites (tertiary alicyclic amines) is 1. The molecule has 0 saturated carbocycles. The van der Waals surface area contributed by atoms with Crippen LogP contribution < -0.4 is 20.5 Å². The Balaban J connectivity index is 1.56. The van der Waals surface area contributed by atoms with Gasteiger partial charge in [-0.05, 0) is 25.7 Å². The molecule has 0 radical (unpaired) electrons. The molecule has 1 aromatic carbocycles. The maximum absolute atomic E-state index is 12.8. The van der Waals surface area contributed by atoms with Gasteiger partial charge < -0.3 is 30.2 Å². The van der Waals surface area contributed by atoms with Crippen LogP contribution in [0.25, 0.3) is 0 Å². The predicted molar refractivity (Wildman–Crippen MR) is 99.7 cm³/mol. The number of amides is 1. The van der Waals surface area contributed by atoms with Crippen molar-refractivity contribution in [2.24, 2.45) is 5.73 Å². The van der Waals surface area contributed by atoms with Gasteiger partial charge in [-0.2, -0.15) is 0 Å². The van der Waals surface area contributed by atoms with Gasteiger partial charge in [0.05, 0.1) is 19.8 Å². The molecule has 2 fully saturated rings. The summed E-state index contributed by atoms with van der Waals surface area (Å²) in [5.41, 5.74) is 6.55. The maximum Gasteiger partial charge on any atom is 0.242 e. The molecule has 1 amide bonds. The number of nitrogens with two attached hydrogens (primary N) is 1. The van der Waals surface area contributed by atoms with Crippen molar-refractivity contribution in [1.29, 1.82) is 0 Å². The molecule has 2 heterocycles. The van der Waals surface area contributed by atoms with Crippen molar-refractivity contribution in [2.45, 2.75) is 37.3 Å². The molecule has 26 heavy (non-hydrogen) atoms. The first-order chi connectivity index (χ1) is 12.5. The molecule has 2 aliphatic heterocycles. The molecule has 0 unspecified atom stereocenters. The second-order valence-corrected chi connectivity index (χ2v) is 7.08. The van der Waals surface area contributed by atoms with E-state index in [0.29, 0.717) is 32.1 Å². The second-order valence-electron chi connectivity index (χ2n) is 7.08. The van der Waals surface area contributed by atoms with Gasteiger partial charge in [0.25, 0.3) is 0 Å². The van der Waals surface area contributed by atoms with E-state index in [4.69, 9.17) is 19.9 Å². The van der Waals surface area contributed by atoms with Crippen LogP contribution in [0.4, 0.5) is 5.69 Å². The van der Waals surface area contributed by atoms with Crippen LogP contribution >= 0.6 is 0 Å². The molecule has 0 aliphatic carbocycles. The van der Waals surface area contributed by atoms with Crippen molar-refractivity contribution in [3.8, 4) is 11.5 Å². The normalized spacial score (nSPS) is 20.5. The summed E-state index contributed by atoms with van der Waals surface area (Å²) in [6.45, 7) is 2.57. The zero-order chi connectivity index (χ0) is 18.6. The first kappa shape index (κ1) is 18.8. The number of rotatable bonds is 5. The molecule has 7 nitrogen and oxygen atoms in total. The first-order valence-electron chi connectivity index (χ1n) is 9.20. The lowest BCUT2D eigenvalue weighted by molar-refractivity contribution is -0.141. The van der Waals surface area contributed by atoms with E-state index < -0.39 is 5.54 Å². The number of ether oxygens (including phenoxy) is 3. The monoisotopic (exact) mass is 363 g/mol. The summed E-state index contributed by atoms with van der Waals surface area (Å²) < 4.78 is 16.0. The summed E-state index contributed by atoms with van der Waals surface area (Å²) in [4.78, 5) is 14.7. The molecular weight excluding hydrogens is 334 g/mol. The lowest BCUT2D eigenvalue weighted by atomic mass is 9.88. The number of carbonyl (C=O) groups excluding carboxylic acids is 1. The molecule has 0 bridgehead atoms. The number of anilines is 1. The molecule has 3 rings (SSSR count). The SMILES string of the molecule is COc1cc(NC2CCN(C(=O)C3(N)CCOCC3)CC2)cc(OC)c1. The summed E-state index contributed by atoms with van der Waals surface area (Å²) in [5, 5.41) is 3.53. The van der Waals surface area contributed by atoms with Gasteiger partial charge in [-0.3, -0.25) is 4.79 Å². The van der Waals surface area contributed by atoms with E-state index in [-0.39, 0.29) is 5.91 Å². The van der Waals surface area contributed by atoms with Gasteiger partial charge in [-0.1, -0.05) is 0 Å². The Morgan fingerprint density at radius 1 is 1.15 bits per heavy atom. The van der Waals surface area contributed by atoms with Crippen LogP contribution in [0.1, 0.15) is 25.7 Å². The number of piperidine rings is 1. The third-order valence-electron chi connectivity index (χ3n) is 5.32. The number of nitrogens with zero attached hydrogens (tertiary/aromatic N) is 1. The molecule has 2 aliphatic rings. The molecule has 0 spiro atoms. The molecule has 0 atom stereocenters. The van der Waals surface area contributed by atoms with Crippen molar-refractivity contribution < 1.29 is 19.0 Å². The predicted octanol–water partition coefficient (Wildman–Crippen LogP) is 1.61. The van der Waals surface area contributed by atoms with Crippen molar-refractivity contribution in [2.75, 3.05) is 45.8 Å². The second kappa shape index (κ2) is 8.14. The van der Waals surface area contributed by atoms with Gasteiger partial charge >= 0.3 is 0 Å². The Morgan fingerprint density at radius 2 is 1.73 bits per heavy atom. The van der Waals surface area contributed by atoms with E-state index in [0.717, 1.165) is 43.1 Å². The number of methoxy groups -OCH3 is 2. The fraction of sp³-hybridized carbons (Fsp3) is 0.632. The summed E-state index contributed by atoms with van der Waals surface area (Å²) in [6, 6.07) is 6.06. The highest BCUT2D eigenvalue weighted by atomic mass is 16.5. The molecule has 1 aromatic rings. The smallest absolute Gasteiger partial charge is 0.242 e. The van der Waals surface area contributed by atoms with E-state index in [1.54, 1.807) is 14.2 Å². The van der Waals surface area contributed by atoms with E-state index >= 15 is 0 Å². The lowest BCUT2D eigenvalue weighted by Gasteiger charge is -2.40. The molecule has 2 saturated heterocycles. The third-order valence-corrected chi connectivity index (χ3v) is 5.32. The molecule has 0 aromatic heterocycles. The Hall–Kier alpha value is -1.99. The van der Waals surface area contributed by atoms with Crippen molar-refractivity contribution in [3.63, 3.8) is 0 Å². The van der Waals surface area contributed by atoms with Crippen molar-refractivity contribution in [3.05, 3.63) is 18.2 Å². The van der Waals surface area contributed by atoms with Crippen molar-refractivity contribution >= 4 is 11.6 Å². The number of hydrogen-bond donors (Lipinski definition) is 2. The van der Waals surface area contributed by atoms with Crippen LogP contribution in [-0.4, -0.2) is 62.9 Å². The molecule has 3 N–H and O–H groups in total. The third kappa shape index (κ3) is 4.22. The van der Waals surface area contributed by atoms with Crippen LogP contribution in [0.15, 0.2) is 18.2 Å². The van der Waals surface area contributed by atoms with Gasteiger partial charge in [0.2, 0.25) is 5.91 Å². The highest BCUT2D eigenvalue weighted by Crippen LogP contribution is 2.28. The van der Waals surface area contributed by atoms with Gasteiger partial charge in [-0.25, -0.2) is 0 Å². The van der Waals surface area contributed by atoms with Crippen LogP contribution in [0.2, 0.25) is 0 Å². The standard InChI is InChI=1S/C19H29N3O4/c1-24-16-11-15(12-17(13-16)25-2)21-14-3-7-22(8-4-14)18(23)19(20)5-9-26-10-6-19/h11-14,21H,3-10,20H2,1-2H3. The van der Waals surface area contributed by atoms with Gasteiger partial charge in [0.1, 0.15) is 11.5 Å². The Bertz CT molecular complexity index is 601. The minimum atomic E-state index is -0.751. The Kier molecular flexibility index (Phi) is 5.88. The highest BCUT2D eigenvalue weighted by Gasteiger charge is 2.39. The number of benzene rings is 1. The maximum atomic E-state index is 12.8. The van der Waals surface area contributed by atoms with Gasteiger partial charge in [0.15, 0.2) is 0 Å². The van der Waals surface area contributed by atoms with Gasteiger partial charge in [-0.15, -0.1) is 0 Å². The number of carbonyl (C=O) groups is 1. The van der Waals surface area contributed by atoms with E-state index in [1.165, 1.54) is 0 Å². The highest BCUT2D eigenvalue weighted by molar-refractivity contribution is 5.86. The topological polar surface area (TPSA) is 86.1 Å². The minimum Gasteiger partial charge on any atom is -0.497 e. The van der Waals surface area contributed by atoms with Crippen LogP contribution in [0.3, 0.4) is 0 Å². The number of hydrogen-bond acceptors (Lipinski definition) is 6. The lowest BCUT2D eigenvalue weighted by Crippen LogP contribution is -2.59. The Morgan fingerprint density at radius 3 is 2.27 bits per heavy atom. The zero-order valence-corrected chi connectivity index (χ0v) is 15.6. The van der Waals surface area contributed by atoms with E-state index in [1.807, 2.05) is 23.1 Å². The average molecular weight is 363 g/mol. The molecular formula is C19H29N3O4. The molecule has 144 valence electrons. The van der Waals surface area contributed by atoms with Gasteiger partial charge in [0, 0.05) is 56.2 Å². The van der Waals surface area contributed by atoms with Crippen LogP contribution in [0, 0.1) is 0 Å².